The zero-order valence-corrected chi connectivity index (χ0v) is 17.0. The molecule has 0 bridgehead atoms. The summed E-state index contributed by atoms with van der Waals surface area (Å²) < 4.78 is 5.24. The van der Waals surface area contributed by atoms with E-state index in [0.717, 1.165) is 11.3 Å². The van der Waals surface area contributed by atoms with Gasteiger partial charge in [-0.15, -0.1) is 0 Å². The van der Waals surface area contributed by atoms with Crippen molar-refractivity contribution >= 4 is 17.5 Å². The van der Waals surface area contributed by atoms with Crippen LogP contribution >= 0.6 is 0 Å². The van der Waals surface area contributed by atoms with Crippen molar-refractivity contribution in [1.82, 2.24) is 10.3 Å². The molecule has 0 fully saturated rings. The molecule has 0 atom stereocenters. The highest BCUT2D eigenvalue weighted by molar-refractivity contribution is 6.09. The maximum Gasteiger partial charge on any atom is 0.257 e. The van der Waals surface area contributed by atoms with Crippen LogP contribution in [0.2, 0.25) is 0 Å². The first kappa shape index (κ1) is 20.1. The highest BCUT2D eigenvalue weighted by Gasteiger charge is 2.16. The number of benzene rings is 2. The molecule has 31 heavy (non-hydrogen) atoms. The monoisotopic (exact) mass is 411 g/mol. The number of para-hydroxylation sites is 1. The molecule has 154 valence electrons. The van der Waals surface area contributed by atoms with Crippen molar-refractivity contribution in [3.8, 4) is 11.3 Å². The van der Waals surface area contributed by atoms with Crippen molar-refractivity contribution in [3.63, 3.8) is 0 Å². The number of nitrogens with one attached hydrogen (secondary N) is 2. The first-order chi connectivity index (χ1) is 15.1. The molecule has 4 aromatic rings. The Kier molecular flexibility index (Phi) is 5.89. The minimum atomic E-state index is -0.323. The van der Waals surface area contributed by atoms with Gasteiger partial charge in [0.2, 0.25) is 0 Å². The van der Waals surface area contributed by atoms with E-state index < -0.39 is 0 Å². The van der Waals surface area contributed by atoms with Crippen LogP contribution in [0.1, 0.15) is 32.2 Å². The fourth-order valence-corrected chi connectivity index (χ4v) is 3.23. The van der Waals surface area contributed by atoms with Gasteiger partial charge in [0.15, 0.2) is 0 Å². The molecule has 0 radical (unpaired) electrons. The fourth-order valence-electron chi connectivity index (χ4n) is 3.23. The van der Waals surface area contributed by atoms with Crippen LogP contribution in [0.3, 0.4) is 0 Å². The van der Waals surface area contributed by atoms with Gasteiger partial charge in [-0.1, -0.05) is 42.5 Å². The molecule has 0 aliphatic carbocycles. The third kappa shape index (κ3) is 4.70. The van der Waals surface area contributed by atoms with Crippen molar-refractivity contribution < 1.29 is 14.0 Å². The summed E-state index contributed by atoms with van der Waals surface area (Å²) in [6.07, 6.45) is 1.55. The van der Waals surface area contributed by atoms with Gasteiger partial charge in [-0.2, -0.15) is 0 Å². The minimum absolute atomic E-state index is 0.262. The Morgan fingerprint density at radius 1 is 0.839 bits per heavy atom. The molecule has 0 saturated carbocycles. The van der Waals surface area contributed by atoms with Crippen LogP contribution in [-0.4, -0.2) is 16.8 Å². The number of aromatic nitrogens is 1. The first-order valence-corrected chi connectivity index (χ1v) is 9.86. The van der Waals surface area contributed by atoms with Crippen molar-refractivity contribution in [3.05, 3.63) is 108 Å². The van der Waals surface area contributed by atoms with Crippen LogP contribution in [0.4, 0.5) is 5.69 Å². The Balaban J connectivity index is 1.50. The molecular formula is C25H21N3O3. The number of anilines is 1. The van der Waals surface area contributed by atoms with E-state index in [9.17, 15) is 9.59 Å². The third-order valence-corrected chi connectivity index (χ3v) is 4.82. The number of aryl methyl sites for hydroxylation is 1. The lowest BCUT2D eigenvalue weighted by Gasteiger charge is -2.12. The molecule has 6 nitrogen and oxygen atoms in total. The van der Waals surface area contributed by atoms with E-state index in [1.165, 1.54) is 0 Å². The summed E-state index contributed by atoms with van der Waals surface area (Å²) in [5, 5.41) is 5.63. The Morgan fingerprint density at radius 2 is 1.61 bits per heavy atom. The highest BCUT2D eigenvalue weighted by atomic mass is 16.3. The van der Waals surface area contributed by atoms with Gasteiger partial charge < -0.3 is 15.1 Å². The van der Waals surface area contributed by atoms with Crippen LogP contribution in [-0.2, 0) is 6.54 Å². The second-order valence-electron chi connectivity index (χ2n) is 6.96. The van der Waals surface area contributed by atoms with Gasteiger partial charge in [-0.05, 0) is 43.3 Å². The quantitative estimate of drug-likeness (QED) is 0.476. The molecular weight excluding hydrogens is 390 g/mol. The number of carbonyl (C=O) groups excluding carboxylic acids is 2. The average molecular weight is 411 g/mol. The predicted octanol–water partition coefficient (Wildman–Crippen LogP) is 4.83. The van der Waals surface area contributed by atoms with E-state index in [2.05, 4.69) is 15.6 Å². The Bertz CT molecular complexity index is 1200. The molecule has 0 spiro atoms. The zero-order chi connectivity index (χ0) is 21.6. The number of amides is 2. The van der Waals surface area contributed by atoms with Gasteiger partial charge in [0, 0.05) is 5.56 Å². The van der Waals surface area contributed by atoms with E-state index in [-0.39, 0.29) is 18.4 Å². The van der Waals surface area contributed by atoms with Gasteiger partial charge in [-0.3, -0.25) is 14.6 Å². The second-order valence-corrected chi connectivity index (χ2v) is 6.96. The third-order valence-electron chi connectivity index (χ3n) is 4.82. The number of hydrogen-bond donors (Lipinski definition) is 2. The van der Waals surface area contributed by atoms with Gasteiger partial charge in [0.25, 0.3) is 11.8 Å². The summed E-state index contributed by atoms with van der Waals surface area (Å²) in [7, 11) is 0. The Morgan fingerprint density at radius 3 is 2.35 bits per heavy atom. The fraction of sp³-hybridized carbons (Fsp3) is 0.0800. The van der Waals surface area contributed by atoms with Crippen LogP contribution < -0.4 is 10.6 Å². The van der Waals surface area contributed by atoms with E-state index in [0.29, 0.717) is 28.3 Å². The number of hydrogen-bond acceptors (Lipinski definition) is 4. The van der Waals surface area contributed by atoms with Crippen LogP contribution in [0.25, 0.3) is 11.3 Å². The normalized spacial score (nSPS) is 10.5. The molecule has 0 unspecified atom stereocenters. The summed E-state index contributed by atoms with van der Waals surface area (Å²) >= 11 is 0. The molecule has 2 aromatic heterocycles. The van der Waals surface area contributed by atoms with Crippen LogP contribution in [0.15, 0.2) is 89.5 Å². The molecule has 4 rings (SSSR count). The van der Waals surface area contributed by atoms with E-state index >= 15 is 0 Å². The summed E-state index contributed by atoms with van der Waals surface area (Å²) in [4.78, 5) is 30.1. The molecule has 2 N–H and O–H groups in total. The summed E-state index contributed by atoms with van der Waals surface area (Å²) in [5.74, 6) is 0.0209. The Labute approximate surface area is 179 Å². The maximum absolute atomic E-state index is 12.9. The molecule has 0 saturated heterocycles. The van der Waals surface area contributed by atoms with Gasteiger partial charge in [0.1, 0.15) is 5.76 Å². The van der Waals surface area contributed by atoms with E-state index in [1.54, 1.807) is 55.7 Å². The number of pyridine rings is 1. The highest BCUT2D eigenvalue weighted by Crippen LogP contribution is 2.21. The summed E-state index contributed by atoms with van der Waals surface area (Å²) in [5.41, 5.74) is 3.64. The SMILES string of the molecule is Cc1nc(-c2ccccc2)ccc1C(=O)Nc1ccccc1C(=O)NCc1ccco1. The topological polar surface area (TPSA) is 84.2 Å². The predicted molar refractivity (Wildman–Crippen MR) is 119 cm³/mol. The number of furan rings is 1. The number of carbonyl (C=O) groups is 2. The van der Waals surface area contributed by atoms with Crippen molar-refractivity contribution in [2.75, 3.05) is 5.32 Å². The standard InChI is InChI=1S/C25H21N3O3/c1-17-20(13-14-22(27-17)18-8-3-2-4-9-18)25(30)28-23-12-6-5-11-21(23)24(29)26-16-19-10-7-15-31-19/h2-15H,16H2,1H3,(H,26,29)(H,28,30). The molecule has 2 amide bonds. The average Bonchev–Trinajstić information content (AvgIpc) is 3.32. The van der Waals surface area contributed by atoms with Crippen LogP contribution in [0.5, 0.6) is 0 Å². The van der Waals surface area contributed by atoms with Crippen LogP contribution in [0, 0.1) is 6.92 Å². The van der Waals surface area contributed by atoms with Crippen molar-refractivity contribution in [1.29, 1.82) is 0 Å². The summed E-state index contributed by atoms with van der Waals surface area (Å²) in [6.45, 7) is 2.06. The second kappa shape index (κ2) is 9.09. The molecule has 2 heterocycles. The first-order valence-electron chi connectivity index (χ1n) is 9.86. The summed E-state index contributed by atoms with van der Waals surface area (Å²) in [6, 6.07) is 23.8. The zero-order valence-electron chi connectivity index (χ0n) is 17.0. The van der Waals surface area contributed by atoms with Gasteiger partial charge in [0.05, 0.1) is 41.0 Å². The molecule has 0 aliphatic rings. The smallest absolute Gasteiger partial charge is 0.257 e. The number of rotatable bonds is 6. The minimum Gasteiger partial charge on any atom is -0.467 e. The van der Waals surface area contributed by atoms with E-state index in [4.69, 9.17) is 4.42 Å². The molecule has 6 heteroatoms. The lowest BCUT2D eigenvalue weighted by molar-refractivity contribution is 0.0949. The lowest BCUT2D eigenvalue weighted by Crippen LogP contribution is -2.25. The van der Waals surface area contributed by atoms with Gasteiger partial charge >= 0.3 is 0 Å². The Hall–Kier alpha value is -4.19. The van der Waals surface area contributed by atoms with E-state index in [1.807, 2.05) is 36.4 Å². The number of nitrogens with zero attached hydrogens (tertiary/aromatic N) is 1. The lowest BCUT2D eigenvalue weighted by atomic mass is 10.1. The maximum atomic E-state index is 12.9. The van der Waals surface area contributed by atoms with Gasteiger partial charge in [-0.25, -0.2) is 0 Å². The van der Waals surface area contributed by atoms with Crippen molar-refractivity contribution in [2.24, 2.45) is 0 Å². The van der Waals surface area contributed by atoms with Crippen molar-refractivity contribution in [2.45, 2.75) is 13.5 Å². The molecule has 2 aromatic carbocycles. The molecule has 0 aliphatic heterocycles. The largest absolute Gasteiger partial charge is 0.467 e.